The third-order valence-corrected chi connectivity index (χ3v) is 7.01. The Hall–Kier alpha value is -3.41. The standard InChI is InChI=1S/C29H27ClN2O3/c1-17(33)23-14-19(27(34)15-20(16-35-2)18-10-11-18)12-13-21(23)28-22(6-5-7-24(28)30)29-31-25-8-3-4-9-26(25)32-29/h3-9,12-14,18,20,33H,1,10-11,15-16H2,2H3,(H,31,32). The van der Waals surface area contributed by atoms with E-state index in [1.54, 1.807) is 25.3 Å². The minimum Gasteiger partial charge on any atom is -0.508 e. The molecular formula is C29H27ClN2O3. The van der Waals surface area contributed by atoms with Crippen LogP contribution in [0.5, 0.6) is 0 Å². The molecule has 0 aliphatic heterocycles. The Bertz CT molecular complexity index is 1390. The fourth-order valence-corrected chi connectivity index (χ4v) is 5.03. The van der Waals surface area contributed by atoms with E-state index in [-0.39, 0.29) is 17.5 Å². The monoisotopic (exact) mass is 486 g/mol. The number of Topliss-reactive ketones (excluding diaryl/α,β-unsaturated/α-hetero) is 1. The molecule has 2 N–H and O–H groups in total. The highest BCUT2D eigenvalue weighted by molar-refractivity contribution is 6.34. The SMILES string of the molecule is C=C(O)c1cc(C(=O)CC(COC)C2CC2)ccc1-c1c(Cl)cccc1-c1nc2ccccc2[nH]1. The van der Waals surface area contributed by atoms with E-state index in [0.29, 0.717) is 52.0 Å². The van der Waals surface area contributed by atoms with Crippen molar-refractivity contribution in [3.05, 3.63) is 83.4 Å². The fourth-order valence-electron chi connectivity index (χ4n) is 4.75. The largest absolute Gasteiger partial charge is 0.508 e. The van der Waals surface area contributed by atoms with Gasteiger partial charge in [0.05, 0.1) is 11.0 Å². The number of benzene rings is 3. The van der Waals surface area contributed by atoms with E-state index >= 15 is 0 Å². The number of hydrogen-bond donors (Lipinski definition) is 2. The molecule has 178 valence electrons. The molecule has 35 heavy (non-hydrogen) atoms. The smallest absolute Gasteiger partial charge is 0.163 e. The molecule has 1 aromatic heterocycles. The fraction of sp³-hybridized carbons (Fsp3) is 0.241. The van der Waals surface area contributed by atoms with E-state index in [1.807, 2.05) is 42.5 Å². The molecule has 4 aromatic rings. The maximum absolute atomic E-state index is 13.1. The number of rotatable bonds is 9. The number of nitrogens with one attached hydrogen (secondary N) is 1. The number of aliphatic hydroxyl groups excluding tert-OH is 1. The minimum absolute atomic E-state index is 0.0321. The summed E-state index contributed by atoms with van der Waals surface area (Å²) in [5, 5.41) is 11.0. The molecule has 5 rings (SSSR count). The van der Waals surface area contributed by atoms with E-state index in [4.69, 9.17) is 21.3 Å². The number of aromatic amines is 1. The van der Waals surface area contributed by atoms with Gasteiger partial charge >= 0.3 is 0 Å². The molecule has 6 heteroatoms. The van der Waals surface area contributed by atoms with Gasteiger partial charge < -0.3 is 14.8 Å². The topological polar surface area (TPSA) is 75.2 Å². The van der Waals surface area contributed by atoms with Gasteiger partial charge in [0.1, 0.15) is 11.6 Å². The van der Waals surface area contributed by atoms with Crippen LogP contribution in [0.3, 0.4) is 0 Å². The number of ketones is 1. The second-order valence-corrected chi connectivity index (χ2v) is 9.56. The van der Waals surface area contributed by atoms with Gasteiger partial charge in [0.15, 0.2) is 5.78 Å². The molecule has 1 atom stereocenters. The van der Waals surface area contributed by atoms with Crippen LogP contribution in [0.1, 0.15) is 35.2 Å². The quantitative estimate of drug-likeness (QED) is 0.192. The predicted molar refractivity (Wildman–Crippen MR) is 141 cm³/mol. The summed E-state index contributed by atoms with van der Waals surface area (Å²) >= 11 is 6.70. The number of hydrogen-bond acceptors (Lipinski definition) is 4. The van der Waals surface area contributed by atoms with Crippen molar-refractivity contribution >= 4 is 34.2 Å². The number of H-pyrrole nitrogens is 1. The summed E-state index contributed by atoms with van der Waals surface area (Å²) in [5.74, 6) is 1.35. The van der Waals surface area contributed by atoms with Crippen LogP contribution in [-0.2, 0) is 4.74 Å². The van der Waals surface area contributed by atoms with Gasteiger partial charge in [0, 0.05) is 47.4 Å². The zero-order valence-corrected chi connectivity index (χ0v) is 20.3. The van der Waals surface area contributed by atoms with Crippen LogP contribution >= 0.6 is 11.6 Å². The van der Waals surface area contributed by atoms with E-state index in [2.05, 4.69) is 11.6 Å². The number of halogens is 1. The van der Waals surface area contributed by atoms with Crippen LogP contribution in [0.2, 0.25) is 5.02 Å². The maximum Gasteiger partial charge on any atom is 0.163 e. The molecule has 1 aliphatic carbocycles. The third-order valence-electron chi connectivity index (χ3n) is 6.70. The van der Waals surface area contributed by atoms with Gasteiger partial charge in [-0.15, -0.1) is 0 Å². The first-order chi connectivity index (χ1) is 17.0. The lowest BCUT2D eigenvalue weighted by Crippen LogP contribution is -2.16. The summed E-state index contributed by atoms with van der Waals surface area (Å²) in [4.78, 5) is 21.2. The van der Waals surface area contributed by atoms with E-state index in [9.17, 15) is 9.90 Å². The van der Waals surface area contributed by atoms with Crippen molar-refractivity contribution in [1.82, 2.24) is 9.97 Å². The number of carbonyl (C=O) groups is 1. The molecule has 1 unspecified atom stereocenters. The summed E-state index contributed by atoms with van der Waals surface area (Å²) < 4.78 is 5.34. The molecule has 0 amide bonds. The van der Waals surface area contributed by atoms with Crippen molar-refractivity contribution in [2.24, 2.45) is 11.8 Å². The number of carbonyl (C=O) groups excluding carboxylic acids is 1. The zero-order valence-electron chi connectivity index (χ0n) is 19.6. The summed E-state index contributed by atoms with van der Waals surface area (Å²) in [7, 11) is 1.67. The van der Waals surface area contributed by atoms with Crippen LogP contribution in [0.25, 0.3) is 39.3 Å². The van der Waals surface area contributed by atoms with Crippen LogP contribution in [0.15, 0.2) is 67.2 Å². The molecule has 0 bridgehead atoms. The van der Waals surface area contributed by atoms with Crippen molar-refractivity contribution in [3.8, 4) is 22.5 Å². The second-order valence-electron chi connectivity index (χ2n) is 9.15. The maximum atomic E-state index is 13.1. The highest BCUT2D eigenvalue weighted by atomic mass is 35.5. The van der Waals surface area contributed by atoms with Crippen molar-refractivity contribution in [3.63, 3.8) is 0 Å². The third kappa shape index (κ3) is 4.75. The Morgan fingerprint density at radius 3 is 2.69 bits per heavy atom. The Morgan fingerprint density at radius 2 is 1.97 bits per heavy atom. The molecule has 1 fully saturated rings. The Kier molecular flexibility index (Phi) is 6.46. The van der Waals surface area contributed by atoms with Crippen molar-refractivity contribution < 1.29 is 14.6 Å². The Morgan fingerprint density at radius 1 is 1.17 bits per heavy atom. The van der Waals surface area contributed by atoms with Crippen molar-refractivity contribution in [2.45, 2.75) is 19.3 Å². The highest BCUT2D eigenvalue weighted by Crippen LogP contribution is 2.42. The number of fused-ring (bicyclic) bond motifs is 1. The van der Waals surface area contributed by atoms with Gasteiger partial charge in [-0.3, -0.25) is 4.79 Å². The lowest BCUT2D eigenvalue weighted by Gasteiger charge is -2.17. The van der Waals surface area contributed by atoms with E-state index < -0.39 is 0 Å². The molecule has 5 nitrogen and oxygen atoms in total. The van der Waals surface area contributed by atoms with Crippen LogP contribution in [0.4, 0.5) is 0 Å². The van der Waals surface area contributed by atoms with Crippen molar-refractivity contribution in [1.29, 1.82) is 0 Å². The first kappa shape index (κ1) is 23.3. The second kappa shape index (κ2) is 9.68. The van der Waals surface area contributed by atoms with Crippen LogP contribution in [0, 0.1) is 11.8 Å². The Balaban J connectivity index is 1.56. The van der Waals surface area contributed by atoms with Crippen LogP contribution in [-0.4, -0.2) is 34.6 Å². The number of aromatic nitrogens is 2. The molecule has 1 heterocycles. The highest BCUT2D eigenvalue weighted by Gasteiger charge is 2.33. The zero-order chi connectivity index (χ0) is 24.5. The van der Waals surface area contributed by atoms with E-state index in [1.165, 1.54) is 0 Å². The lowest BCUT2D eigenvalue weighted by atomic mass is 9.89. The number of methoxy groups -OCH3 is 1. The van der Waals surface area contributed by atoms with Gasteiger partial charge in [-0.2, -0.15) is 0 Å². The summed E-state index contributed by atoms with van der Waals surface area (Å²) in [5.41, 5.74) is 4.97. The first-order valence-electron chi connectivity index (χ1n) is 11.7. The number of imidazole rings is 1. The van der Waals surface area contributed by atoms with Crippen LogP contribution < -0.4 is 0 Å². The van der Waals surface area contributed by atoms with E-state index in [0.717, 1.165) is 29.4 Å². The molecule has 0 radical (unpaired) electrons. The number of para-hydroxylation sites is 2. The predicted octanol–water partition coefficient (Wildman–Crippen LogP) is 7.32. The summed E-state index contributed by atoms with van der Waals surface area (Å²) in [6.45, 7) is 4.34. The molecule has 1 saturated carbocycles. The van der Waals surface area contributed by atoms with Gasteiger partial charge in [-0.05, 0) is 54.5 Å². The molecule has 3 aromatic carbocycles. The lowest BCUT2D eigenvalue weighted by molar-refractivity contribution is 0.0886. The summed E-state index contributed by atoms with van der Waals surface area (Å²) in [6, 6.07) is 18.8. The average Bonchev–Trinajstić information content (AvgIpc) is 3.61. The summed E-state index contributed by atoms with van der Waals surface area (Å²) in [6.07, 6.45) is 2.72. The van der Waals surface area contributed by atoms with Crippen molar-refractivity contribution in [2.75, 3.05) is 13.7 Å². The van der Waals surface area contributed by atoms with Gasteiger partial charge in [-0.25, -0.2) is 4.98 Å². The molecule has 0 spiro atoms. The minimum atomic E-state index is -0.124. The van der Waals surface area contributed by atoms with Gasteiger partial charge in [-0.1, -0.05) is 54.6 Å². The number of ether oxygens (including phenoxy) is 1. The van der Waals surface area contributed by atoms with Gasteiger partial charge in [0.25, 0.3) is 0 Å². The number of aliphatic hydroxyl groups is 1. The Labute approximate surface area is 209 Å². The molecular weight excluding hydrogens is 460 g/mol. The molecule has 1 aliphatic rings. The van der Waals surface area contributed by atoms with Gasteiger partial charge in [0.2, 0.25) is 0 Å². The average molecular weight is 487 g/mol. The molecule has 0 saturated heterocycles. The normalized spacial score (nSPS) is 14.2. The number of nitrogens with zero attached hydrogens (tertiary/aromatic N) is 1. The first-order valence-corrected chi connectivity index (χ1v) is 12.1.